The Kier molecular flexibility index (Phi) is 4.02. The molecule has 0 bridgehead atoms. The van der Waals surface area contributed by atoms with Gasteiger partial charge in [-0.05, 0) is 31.6 Å². The highest BCUT2D eigenvalue weighted by Gasteiger charge is 2.23. The average Bonchev–Trinajstić information content (AvgIpc) is 2.19. The van der Waals surface area contributed by atoms with Crippen LogP contribution in [0.4, 0.5) is 4.79 Å². The van der Waals surface area contributed by atoms with Crippen LogP contribution >= 0.6 is 0 Å². The number of aliphatic hydroxyl groups excluding tert-OH is 1. The molecule has 1 N–H and O–H groups in total. The van der Waals surface area contributed by atoms with Gasteiger partial charge in [-0.1, -0.05) is 0 Å². The second-order valence-corrected chi connectivity index (χ2v) is 3.40. The maximum absolute atomic E-state index is 10.7. The van der Waals surface area contributed by atoms with Crippen molar-refractivity contribution in [3.8, 4) is 0 Å². The van der Waals surface area contributed by atoms with Crippen LogP contribution in [0.1, 0.15) is 25.7 Å². The van der Waals surface area contributed by atoms with E-state index in [9.17, 15) is 4.79 Å². The topological polar surface area (TPSA) is 55.8 Å². The fourth-order valence-electron chi connectivity index (χ4n) is 1.62. The van der Waals surface area contributed by atoms with Gasteiger partial charge in [-0.3, -0.25) is 0 Å². The molecule has 76 valence electrons. The van der Waals surface area contributed by atoms with Crippen molar-refractivity contribution < 1.29 is 19.4 Å². The lowest BCUT2D eigenvalue weighted by molar-refractivity contribution is 0.0123. The summed E-state index contributed by atoms with van der Waals surface area (Å²) in [5.74, 6) is 0.387. The highest BCUT2D eigenvalue weighted by molar-refractivity contribution is 5.59. The average molecular weight is 188 g/mol. The van der Waals surface area contributed by atoms with Crippen LogP contribution in [0.25, 0.3) is 0 Å². The van der Waals surface area contributed by atoms with Crippen molar-refractivity contribution in [1.82, 2.24) is 0 Å². The lowest BCUT2D eigenvalue weighted by atomic mass is 9.88. The van der Waals surface area contributed by atoms with Gasteiger partial charge in [-0.2, -0.15) is 0 Å². The molecule has 0 amide bonds. The lowest BCUT2D eigenvalue weighted by Crippen LogP contribution is -2.25. The molecule has 1 aliphatic rings. The van der Waals surface area contributed by atoms with Crippen LogP contribution in [0, 0.1) is 5.92 Å². The van der Waals surface area contributed by atoms with E-state index in [2.05, 4.69) is 4.74 Å². The third kappa shape index (κ3) is 3.22. The van der Waals surface area contributed by atoms with Gasteiger partial charge in [0.1, 0.15) is 6.10 Å². The van der Waals surface area contributed by atoms with Gasteiger partial charge >= 0.3 is 6.16 Å². The number of hydrogen-bond acceptors (Lipinski definition) is 4. The maximum atomic E-state index is 10.7. The van der Waals surface area contributed by atoms with Crippen molar-refractivity contribution in [2.75, 3.05) is 13.7 Å². The second kappa shape index (κ2) is 5.07. The van der Waals surface area contributed by atoms with E-state index in [1.807, 2.05) is 0 Å². The van der Waals surface area contributed by atoms with Gasteiger partial charge < -0.3 is 14.6 Å². The summed E-state index contributed by atoms with van der Waals surface area (Å²) in [5, 5.41) is 8.87. The first kappa shape index (κ1) is 10.3. The summed E-state index contributed by atoms with van der Waals surface area (Å²) in [7, 11) is 1.31. The first-order chi connectivity index (χ1) is 6.26. The fourth-order valence-corrected chi connectivity index (χ4v) is 1.62. The monoisotopic (exact) mass is 188 g/mol. The van der Waals surface area contributed by atoms with E-state index >= 15 is 0 Å². The number of ether oxygens (including phenoxy) is 2. The van der Waals surface area contributed by atoms with Crippen molar-refractivity contribution in [3.63, 3.8) is 0 Å². The minimum Gasteiger partial charge on any atom is -0.438 e. The summed E-state index contributed by atoms with van der Waals surface area (Å²) >= 11 is 0. The number of carbonyl (C=O) groups is 1. The Balaban J connectivity index is 2.21. The molecule has 4 nitrogen and oxygen atoms in total. The summed E-state index contributed by atoms with van der Waals surface area (Å²) in [6, 6.07) is 0. The highest BCUT2D eigenvalue weighted by atomic mass is 16.7. The van der Waals surface area contributed by atoms with E-state index < -0.39 is 6.16 Å². The Labute approximate surface area is 77.8 Å². The molecule has 0 saturated heterocycles. The third-order valence-corrected chi connectivity index (χ3v) is 2.48. The van der Waals surface area contributed by atoms with Crippen molar-refractivity contribution in [2.45, 2.75) is 31.8 Å². The minimum atomic E-state index is -0.604. The predicted molar refractivity (Wildman–Crippen MR) is 46.3 cm³/mol. The standard InChI is InChI=1S/C9H16O4/c1-12-9(11)13-8-4-2-7(6-10)3-5-8/h7-8,10H,2-6H2,1H3/t7-,8+. The number of hydrogen-bond donors (Lipinski definition) is 1. The first-order valence-corrected chi connectivity index (χ1v) is 4.61. The molecule has 0 aromatic heterocycles. The molecule has 0 radical (unpaired) electrons. The first-order valence-electron chi connectivity index (χ1n) is 4.61. The Morgan fingerprint density at radius 3 is 2.46 bits per heavy atom. The Morgan fingerprint density at radius 1 is 1.38 bits per heavy atom. The highest BCUT2D eigenvalue weighted by Crippen LogP contribution is 2.25. The molecule has 4 heteroatoms. The summed E-state index contributed by atoms with van der Waals surface area (Å²) in [6.07, 6.45) is 2.90. The number of aliphatic hydroxyl groups is 1. The normalized spacial score (nSPS) is 28.2. The van der Waals surface area contributed by atoms with Gasteiger partial charge in [0, 0.05) is 6.61 Å². The third-order valence-electron chi connectivity index (χ3n) is 2.48. The minimum absolute atomic E-state index is 0.0183. The van der Waals surface area contributed by atoms with Crippen LogP contribution in [0.15, 0.2) is 0 Å². The molecular formula is C9H16O4. The smallest absolute Gasteiger partial charge is 0.438 e. The zero-order valence-corrected chi connectivity index (χ0v) is 7.86. The number of methoxy groups -OCH3 is 1. The molecule has 0 spiro atoms. The summed E-state index contributed by atoms with van der Waals surface area (Å²) in [4.78, 5) is 10.7. The molecule has 13 heavy (non-hydrogen) atoms. The molecule has 0 atom stereocenters. The van der Waals surface area contributed by atoms with Crippen molar-refractivity contribution in [3.05, 3.63) is 0 Å². The molecule has 1 rings (SSSR count). The quantitative estimate of drug-likeness (QED) is 0.664. The Morgan fingerprint density at radius 2 is 2.00 bits per heavy atom. The number of carbonyl (C=O) groups excluding carboxylic acids is 1. The van der Waals surface area contributed by atoms with Gasteiger partial charge in [0.2, 0.25) is 0 Å². The van der Waals surface area contributed by atoms with Crippen LogP contribution in [-0.2, 0) is 9.47 Å². The van der Waals surface area contributed by atoms with Crippen molar-refractivity contribution in [1.29, 1.82) is 0 Å². The van der Waals surface area contributed by atoms with E-state index in [0.717, 1.165) is 25.7 Å². The van der Waals surface area contributed by atoms with Crippen LogP contribution in [0.3, 0.4) is 0 Å². The lowest BCUT2D eigenvalue weighted by Gasteiger charge is -2.26. The molecule has 0 unspecified atom stereocenters. The van der Waals surface area contributed by atoms with Gasteiger partial charge in [0.25, 0.3) is 0 Å². The molecule has 0 aromatic carbocycles. The van der Waals surface area contributed by atoms with Gasteiger partial charge in [-0.15, -0.1) is 0 Å². The van der Waals surface area contributed by atoms with E-state index in [4.69, 9.17) is 9.84 Å². The summed E-state index contributed by atoms with van der Waals surface area (Å²) < 4.78 is 9.39. The van der Waals surface area contributed by atoms with Crippen LogP contribution in [0.2, 0.25) is 0 Å². The zero-order chi connectivity index (χ0) is 9.68. The van der Waals surface area contributed by atoms with E-state index in [0.29, 0.717) is 5.92 Å². The van der Waals surface area contributed by atoms with Gasteiger partial charge in [-0.25, -0.2) is 4.79 Å². The molecule has 1 aliphatic carbocycles. The Hall–Kier alpha value is -0.770. The van der Waals surface area contributed by atoms with Gasteiger partial charge in [0.05, 0.1) is 7.11 Å². The van der Waals surface area contributed by atoms with E-state index in [1.165, 1.54) is 7.11 Å². The van der Waals surface area contributed by atoms with E-state index in [1.54, 1.807) is 0 Å². The van der Waals surface area contributed by atoms with Crippen LogP contribution < -0.4 is 0 Å². The fraction of sp³-hybridized carbons (Fsp3) is 0.889. The summed E-state index contributed by atoms with van der Waals surface area (Å²) in [6.45, 7) is 0.241. The van der Waals surface area contributed by atoms with Crippen molar-refractivity contribution in [2.24, 2.45) is 5.92 Å². The van der Waals surface area contributed by atoms with Crippen LogP contribution in [0.5, 0.6) is 0 Å². The Bertz CT molecular complexity index is 161. The van der Waals surface area contributed by atoms with Crippen molar-refractivity contribution >= 4 is 6.16 Å². The molecule has 0 aromatic rings. The second-order valence-electron chi connectivity index (χ2n) is 3.40. The van der Waals surface area contributed by atoms with Crippen LogP contribution in [-0.4, -0.2) is 31.1 Å². The molecule has 0 aliphatic heterocycles. The summed E-state index contributed by atoms with van der Waals surface area (Å²) in [5.41, 5.74) is 0. The molecule has 1 fully saturated rings. The predicted octanol–water partition coefficient (Wildman–Crippen LogP) is 1.32. The van der Waals surface area contributed by atoms with E-state index in [-0.39, 0.29) is 12.7 Å². The molecule has 0 heterocycles. The maximum Gasteiger partial charge on any atom is 0.508 e. The zero-order valence-electron chi connectivity index (χ0n) is 7.86. The van der Waals surface area contributed by atoms with Gasteiger partial charge in [0.15, 0.2) is 0 Å². The largest absolute Gasteiger partial charge is 0.508 e. The molecule has 1 saturated carbocycles. The SMILES string of the molecule is COC(=O)O[C@H]1CC[C@@H](CO)CC1. The molecular weight excluding hydrogens is 172 g/mol. The number of rotatable bonds is 2.